The minimum absolute atomic E-state index is 0.145. The molecule has 0 spiro atoms. The van der Waals surface area contributed by atoms with Gasteiger partial charge in [0, 0.05) is 120 Å². The molecule has 4 fully saturated rings. The van der Waals surface area contributed by atoms with Crippen LogP contribution in [0.4, 0.5) is 20.3 Å². The number of unbranched alkanes of at least 4 members (excludes halogenated alkanes) is 3. The summed E-state index contributed by atoms with van der Waals surface area (Å²) in [6.07, 6.45) is 11.0. The lowest BCUT2D eigenvalue weighted by Crippen LogP contribution is -2.62. The number of benzene rings is 2. The van der Waals surface area contributed by atoms with Crippen LogP contribution >= 0.6 is 0 Å². The number of pyridine rings is 2. The van der Waals surface area contributed by atoms with E-state index in [0.29, 0.717) is 107 Å². The first kappa shape index (κ1) is 52.0. The van der Waals surface area contributed by atoms with Gasteiger partial charge < -0.3 is 29.7 Å². The molecule has 18 nitrogen and oxygen atoms in total. The molecule has 5 aromatic rings. The number of fused-ring (bicyclic) bond motifs is 2. The molecule has 5 amide bonds. The van der Waals surface area contributed by atoms with Gasteiger partial charge in [0.05, 0.1) is 41.2 Å². The quantitative estimate of drug-likeness (QED) is 0.0891. The number of carbonyl (C=O) groups excluding carboxylic acids is 5. The van der Waals surface area contributed by atoms with Crippen LogP contribution in [0.2, 0.25) is 0 Å². The maximum atomic E-state index is 14.9. The number of halogens is 2. The summed E-state index contributed by atoms with van der Waals surface area (Å²) in [5, 5.41) is 19.7. The Morgan fingerprint density at radius 1 is 0.855 bits per heavy atom. The second kappa shape index (κ2) is 22.8. The number of imide groups is 1. The zero-order valence-electron chi connectivity index (χ0n) is 42.9. The van der Waals surface area contributed by atoms with E-state index in [0.717, 1.165) is 105 Å². The molecule has 1 unspecified atom stereocenters. The summed E-state index contributed by atoms with van der Waals surface area (Å²) in [6.45, 7) is 11.2. The van der Waals surface area contributed by atoms with E-state index in [4.69, 9.17) is 9.72 Å². The Labute approximate surface area is 440 Å². The molecule has 5 aliphatic heterocycles. The predicted octanol–water partition coefficient (Wildman–Crippen LogP) is 5.39. The van der Waals surface area contributed by atoms with Gasteiger partial charge in [-0.25, -0.2) is 18.3 Å². The van der Waals surface area contributed by atoms with Gasteiger partial charge in [0.15, 0.2) is 0 Å². The lowest BCUT2D eigenvalue weighted by molar-refractivity contribution is -0.137. The molecule has 4 saturated heterocycles. The average Bonchev–Trinajstić information content (AvgIpc) is 4.01. The van der Waals surface area contributed by atoms with Crippen LogP contribution in [-0.2, 0) is 20.9 Å². The van der Waals surface area contributed by atoms with Crippen LogP contribution in [0, 0.1) is 23.0 Å². The van der Waals surface area contributed by atoms with Crippen molar-refractivity contribution in [2.75, 3.05) is 94.9 Å². The molecule has 1 atom stereocenters. The highest BCUT2D eigenvalue weighted by Crippen LogP contribution is 2.34. The summed E-state index contributed by atoms with van der Waals surface area (Å²) in [6, 6.07) is 16.2. The van der Waals surface area contributed by atoms with Gasteiger partial charge in [-0.1, -0.05) is 18.9 Å². The number of aromatic nitrogens is 3. The third-order valence-electron chi connectivity index (χ3n) is 15.8. The Kier molecular flexibility index (Phi) is 15.6. The van der Waals surface area contributed by atoms with Gasteiger partial charge in [-0.05, 0) is 99.7 Å². The number of nitrogens with zero attached hydrogens (tertiary/aromatic N) is 10. The van der Waals surface area contributed by atoms with E-state index in [1.54, 1.807) is 21.8 Å². The van der Waals surface area contributed by atoms with Crippen molar-refractivity contribution in [3.8, 4) is 22.9 Å². The largest absolute Gasteiger partial charge is 0.492 e. The fourth-order valence-electron chi connectivity index (χ4n) is 11.5. The van der Waals surface area contributed by atoms with E-state index in [1.165, 1.54) is 6.20 Å². The monoisotopic (exact) mass is 1040 g/mol. The third kappa shape index (κ3) is 11.4. The Morgan fingerprint density at radius 3 is 2.37 bits per heavy atom. The molecule has 8 heterocycles. The molecule has 0 radical (unpaired) electrons. The van der Waals surface area contributed by atoms with Crippen LogP contribution in [0.15, 0.2) is 73.2 Å². The van der Waals surface area contributed by atoms with Crippen molar-refractivity contribution in [1.29, 1.82) is 5.26 Å². The van der Waals surface area contributed by atoms with E-state index >= 15 is 0 Å². The van der Waals surface area contributed by atoms with Gasteiger partial charge in [0.2, 0.25) is 17.7 Å². The molecule has 2 aromatic carbocycles. The molecular weight excluding hydrogens is 975 g/mol. The zero-order chi connectivity index (χ0) is 52.9. The van der Waals surface area contributed by atoms with Crippen molar-refractivity contribution in [3.63, 3.8) is 0 Å². The van der Waals surface area contributed by atoms with Crippen molar-refractivity contribution in [1.82, 2.24) is 44.8 Å². The predicted molar refractivity (Wildman–Crippen MR) is 280 cm³/mol. The zero-order valence-corrected chi connectivity index (χ0v) is 42.9. The highest BCUT2D eigenvalue weighted by molar-refractivity contribution is 6.05. The smallest absolute Gasteiger partial charge is 0.255 e. The van der Waals surface area contributed by atoms with Gasteiger partial charge in [0.25, 0.3) is 11.8 Å². The fourth-order valence-corrected chi connectivity index (χ4v) is 11.5. The van der Waals surface area contributed by atoms with E-state index in [9.17, 15) is 38.0 Å². The van der Waals surface area contributed by atoms with Gasteiger partial charge in [0.1, 0.15) is 35.3 Å². The number of carbonyl (C=O) groups is 5. The van der Waals surface area contributed by atoms with E-state index in [1.807, 2.05) is 42.2 Å². The second-order valence-electron chi connectivity index (χ2n) is 20.6. The van der Waals surface area contributed by atoms with Gasteiger partial charge in [-0.3, -0.25) is 39.1 Å². The average molecular weight is 1040 g/mol. The number of piperazine rings is 2. The standard InChI is InChI=1S/C56H64F2N12O6/c1-2-76-43-31-44(52-40(32-59)34-61-70(52)36-43)38-9-14-49(60-33-38)67-19-16-56(17-20-67,63-53(73)46-29-41(57)10-12-47(46)58)37-65-23-27-68(28-24-65)51(72)7-5-3-4-6-18-64-21-25-66(26-22-64)42-11-8-39-35-69(55(75)45(39)30-42)48-13-15-50(71)62-54(48)74/h8-12,14,29-31,33-34,36,48H,2-7,13,15-28,35,37H2,1H3,(H,63,73)(H,62,71,74). The van der Waals surface area contributed by atoms with Crippen molar-refractivity contribution < 1.29 is 37.5 Å². The first-order valence-corrected chi connectivity index (χ1v) is 26.7. The molecule has 10 rings (SSSR count). The highest BCUT2D eigenvalue weighted by atomic mass is 19.1. The maximum absolute atomic E-state index is 14.9. The van der Waals surface area contributed by atoms with Gasteiger partial charge in [-0.15, -0.1) is 0 Å². The van der Waals surface area contributed by atoms with Crippen molar-refractivity contribution in [2.24, 2.45) is 0 Å². The first-order valence-electron chi connectivity index (χ1n) is 26.7. The summed E-state index contributed by atoms with van der Waals surface area (Å²) < 4.78 is 36.6. The first-order chi connectivity index (χ1) is 36.9. The number of nitriles is 1. The Morgan fingerprint density at radius 2 is 1.63 bits per heavy atom. The summed E-state index contributed by atoms with van der Waals surface area (Å²) >= 11 is 0. The van der Waals surface area contributed by atoms with E-state index in [-0.39, 0.29) is 29.7 Å². The van der Waals surface area contributed by atoms with Gasteiger partial charge >= 0.3 is 0 Å². The van der Waals surface area contributed by atoms with Crippen molar-refractivity contribution in [3.05, 3.63) is 107 Å². The molecule has 20 heteroatoms. The highest BCUT2D eigenvalue weighted by Gasteiger charge is 2.41. The Hall–Kier alpha value is -7.50. The molecule has 0 bridgehead atoms. The number of rotatable bonds is 17. The number of amides is 5. The van der Waals surface area contributed by atoms with Crippen LogP contribution in [0.25, 0.3) is 16.6 Å². The van der Waals surface area contributed by atoms with E-state index < -0.39 is 35.0 Å². The number of ether oxygens (including phenoxy) is 1. The van der Waals surface area contributed by atoms with Crippen LogP contribution in [0.1, 0.15) is 96.6 Å². The number of nitrogens with one attached hydrogen (secondary N) is 2. The minimum Gasteiger partial charge on any atom is -0.492 e. The van der Waals surface area contributed by atoms with Crippen molar-refractivity contribution >= 4 is 46.6 Å². The van der Waals surface area contributed by atoms with Gasteiger partial charge in [-0.2, -0.15) is 10.4 Å². The summed E-state index contributed by atoms with van der Waals surface area (Å²) in [4.78, 5) is 82.1. The number of piperidine rings is 2. The Bertz CT molecular complexity index is 3030. The third-order valence-corrected chi connectivity index (χ3v) is 15.8. The molecule has 5 aliphatic rings. The Balaban J connectivity index is 0.670. The summed E-state index contributed by atoms with van der Waals surface area (Å²) in [5.41, 5.74) is 4.07. The second-order valence-corrected chi connectivity index (χ2v) is 20.6. The van der Waals surface area contributed by atoms with Crippen LogP contribution in [0.5, 0.6) is 5.75 Å². The maximum Gasteiger partial charge on any atom is 0.255 e. The normalized spacial score (nSPS) is 19.2. The molecule has 76 heavy (non-hydrogen) atoms. The summed E-state index contributed by atoms with van der Waals surface area (Å²) in [7, 11) is 0. The van der Waals surface area contributed by atoms with E-state index in [2.05, 4.69) is 47.5 Å². The van der Waals surface area contributed by atoms with Crippen LogP contribution < -0.4 is 25.2 Å². The molecule has 398 valence electrons. The molecule has 2 N–H and O–H groups in total. The topological polar surface area (TPSA) is 192 Å². The van der Waals surface area contributed by atoms with Crippen LogP contribution in [0.3, 0.4) is 0 Å². The lowest BCUT2D eigenvalue weighted by Gasteiger charge is -2.46. The molecule has 0 aliphatic carbocycles. The SMILES string of the molecule is CCOc1cc(-c2ccc(N3CCC(CN4CCN(C(=O)CCCCCCN5CCN(c6ccc7c(c6)C(=O)N(C6CCC(=O)NC6=O)C7)CC5)CC4)(NC(=O)c4cc(F)ccc4F)CC3)nc2)c2c(C#N)cnn2c1. The summed E-state index contributed by atoms with van der Waals surface area (Å²) in [5.74, 6) is -1.52. The molecule has 3 aromatic heterocycles. The fraction of sp³-hybridized carbons (Fsp3) is 0.464. The number of anilines is 2. The van der Waals surface area contributed by atoms with Crippen LogP contribution in [-0.4, -0.2) is 160 Å². The number of hydrogen-bond acceptors (Lipinski definition) is 13. The lowest BCUT2D eigenvalue weighted by atomic mass is 9.86. The number of hydrogen-bond donors (Lipinski definition) is 2. The van der Waals surface area contributed by atoms with Crippen molar-refractivity contribution in [2.45, 2.75) is 82.8 Å². The molecule has 0 saturated carbocycles. The molecular formula is C56H64F2N12O6. The minimum atomic E-state index is -0.795.